The predicted molar refractivity (Wildman–Crippen MR) is 110 cm³/mol. The summed E-state index contributed by atoms with van der Waals surface area (Å²) in [7, 11) is 0. The first-order valence-corrected chi connectivity index (χ1v) is 9.62. The molecule has 3 aromatic rings. The van der Waals surface area contributed by atoms with Crippen LogP contribution in [0.1, 0.15) is 37.3 Å². The van der Waals surface area contributed by atoms with Gasteiger partial charge >= 0.3 is 0 Å². The number of ether oxygens (including phenoxy) is 1. The van der Waals surface area contributed by atoms with Gasteiger partial charge in [-0.05, 0) is 48.4 Å². The molecule has 1 nitrogen and oxygen atoms in total. The average molecular weight is 344 g/mol. The van der Waals surface area contributed by atoms with E-state index in [1.807, 2.05) is 6.07 Å². The van der Waals surface area contributed by atoms with Gasteiger partial charge in [0.15, 0.2) is 0 Å². The molecule has 1 heteroatoms. The van der Waals surface area contributed by atoms with Gasteiger partial charge in [-0.1, -0.05) is 91.3 Å². The molecule has 1 unspecified atom stereocenters. The highest BCUT2D eigenvalue weighted by molar-refractivity contribution is 5.67. The van der Waals surface area contributed by atoms with Gasteiger partial charge in [0.25, 0.3) is 0 Å². The Morgan fingerprint density at radius 3 is 2.15 bits per heavy atom. The molecule has 0 saturated carbocycles. The zero-order valence-electron chi connectivity index (χ0n) is 15.6. The summed E-state index contributed by atoms with van der Waals surface area (Å²) in [5.74, 6) is 0. The van der Waals surface area contributed by atoms with Gasteiger partial charge < -0.3 is 4.74 Å². The van der Waals surface area contributed by atoms with E-state index < -0.39 is 0 Å². The van der Waals surface area contributed by atoms with Gasteiger partial charge in [-0.2, -0.15) is 0 Å². The predicted octanol–water partition coefficient (Wildman–Crippen LogP) is 6.67. The molecular weight excluding hydrogens is 316 g/mol. The van der Waals surface area contributed by atoms with E-state index in [1.165, 1.54) is 35.1 Å². The molecule has 0 aromatic heterocycles. The third-order valence-corrected chi connectivity index (χ3v) is 4.79. The molecule has 26 heavy (non-hydrogen) atoms. The second kappa shape index (κ2) is 9.94. The molecular formula is C25H28O. The van der Waals surface area contributed by atoms with E-state index in [1.54, 1.807) is 0 Å². The molecule has 0 radical (unpaired) electrons. The fourth-order valence-corrected chi connectivity index (χ4v) is 3.28. The van der Waals surface area contributed by atoms with Crippen LogP contribution >= 0.6 is 0 Å². The van der Waals surface area contributed by atoms with Crippen LogP contribution in [-0.2, 0) is 17.8 Å². The van der Waals surface area contributed by atoms with Gasteiger partial charge in [-0.25, -0.2) is 0 Å². The first kappa shape index (κ1) is 18.4. The van der Waals surface area contributed by atoms with E-state index in [-0.39, 0.29) is 0 Å². The number of benzene rings is 3. The summed E-state index contributed by atoms with van der Waals surface area (Å²) in [6.07, 6.45) is 4.93. The minimum Gasteiger partial charge on any atom is -0.374 e. The second-order valence-electron chi connectivity index (χ2n) is 6.88. The van der Waals surface area contributed by atoms with Crippen LogP contribution in [0.4, 0.5) is 0 Å². The Hall–Kier alpha value is -2.38. The first-order chi connectivity index (χ1) is 12.8. The molecule has 0 aliphatic rings. The fraction of sp³-hybridized carbons (Fsp3) is 0.280. The third kappa shape index (κ3) is 5.57. The molecule has 0 aliphatic carbocycles. The number of unbranched alkanes of at least 4 members (excludes halogenated alkanes) is 1. The summed E-state index contributed by atoms with van der Waals surface area (Å²) >= 11 is 0. The maximum Gasteiger partial charge on any atom is 0.0720 e. The smallest absolute Gasteiger partial charge is 0.0720 e. The van der Waals surface area contributed by atoms with Crippen LogP contribution < -0.4 is 0 Å². The molecule has 0 bridgehead atoms. The molecule has 0 N–H and O–H groups in total. The molecule has 0 spiro atoms. The summed E-state index contributed by atoms with van der Waals surface area (Å²) in [4.78, 5) is 0. The number of aryl methyl sites for hydroxylation is 1. The van der Waals surface area contributed by atoms with Gasteiger partial charge in [-0.15, -0.1) is 0 Å². The highest BCUT2D eigenvalue weighted by Gasteiger charge is 2.06. The minimum atomic E-state index is 0.305. The standard InChI is InChI=1S/C25H28O/c1-21(26-20-22-13-4-2-5-14-22)12-8-9-17-24-18-10-11-19-25(24)23-15-6-3-7-16-23/h2-7,10-11,13-16,18-19,21H,8-9,12,17,20H2,1H3. The lowest BCUT2D eigenvalue weighted by Crippen LogP contribution is -2.08. The van der Waals surface area contributed by atoms with E-state index in [9.17, 15) is 0 Å². The minimum absolute atomic E-state index is 0.305. The SMILES string of the molecule is CC(CCCCc1ccccc1-c1ccccc1)OCc1ccccc1. The van der Waals surface area contributed by atoms with E-state index in [0.29, 0.717) is 12.7 Å². The molecule has 0 saturated heterocycles. The fourth-order valence-electron chi connectivity index (χ4n) is 3.28. The lowest BCUT2D eigenvalue weighted by atomic mass is 9.96. The topological polar surface area (TPSA) is 9.23 Å². The van der Waals surface area contributed by atoms with Crippen molar-refractivity contribution in [1.82, 2.24) is 0 Å². The highest BCUT2D eigenvalue weighted by Crippen LogP contribution is 2.25. The van der Waals surface area contributed by atoms with Crippen LogP contribution in [0, 0.1) is 0 Å². The monoisotopic (exact) mass is 344 g/mol. The molecule has 134 valence electrons. The van der Waals surface area contributed by atoms with E-state index >= 15 is 0 Å². The summed E-state index contributed by atoms with van der Waals surface area (Å²) in [5.41, 5.74) is 5.36. The average Bonchev–Trinajstić information content (AvgIpc) is 2.71. The van der Waals surface area contributed by atoms with Crippen molar-refractivity contribution in [2.45, 2.75) is 45.3 Å². The molecule has 0 fully saturated rings. The summed E-state index contributed by atoms with van der Waals surface area (Å²) < 4.78 is 5.97. The Morgan fingerprint density at radius 2 is 1.38 bits per heavy atom. The Morgan fingerprint density at radius 1 is 0.731 bits per heavy atom. The lowest BCUT2D eigenvalue weighted by molar-refractivity contribution is 0.0460. The van der Waals surface area contributed by atoms with Crippen molar-refractivity contribution in [1.29, 1.82) is 0 Å². The molecule has 1 atom stereocenters. The lowest BCUT2D eigenvalue weighted by Gasteiger charge is -2.14. The van der Waals surface area contributed by atoms with E-state index in [4.69, 9.17) is 4.74 Å². The van der Waals surface area contributed by atoms with Gasteiger partial charge in [0.2, 0.25) is 0 Å². The summed E-state index contributed by atoms with van der Waals surface area (Å²) in [6.45, 7) is 2.89. The van der Waals surface area contributed by atoms with Crippen LogP contribution in [0.15, 0.2) is 84.9 Å². The van der Waals surface area contributed by atoms with Crippen molar-refractivity contribution < 1.29 is 4.74 Å². The maximum absolute atomic E-state index is 5.97. The summed E-state index contributed by atoms with van der Waals surface area (Å²) in [5, 5.41) is 0. The number of hydrogen-bond acceptors (Lipinski definition) is 1. The van der Waals surface area contributed by atoms with Gasteiger partial charge in [0.05, 0.1) is 12.7 Å². The van der Waals surface area contributed by atoms with Crippen LogP contribution in [0.2, 0.25) is 0 Å². The van der Waals surface area contributed by atoms with Crippen molar-refractivity contribution in [2.24, 2.45) is 0 Å². The molecule has 3 aromatic carbocycles. The zero-order valence-corrected chi connectivity index (χ0v) is 15.6. The van der Waals surface area contributed by atoms with Gasteiger partial charge in [-0.3, -0.25) is 0 Å². The molecule has 0 heterocycles. The van der Waals surface area contributed by atoms with Crippen LogP contribution in [0.5, 0.6) is 0 Å². The molecule has 0 aliphatic heterocycles. The highest BCUT2D eigenvalue weighted by atomic mass is 16.5. The van der Waals surface area contributed by atoms with E-state index in [0.717, 1.165) is 12.8 Å². The van der Waals surface area contributed by atoms with Crippen molar-refractivity contribution in [3.63, 3.8) is 0 Å². The Kier molecular flexibility index (Phi) is 7.04. The molecule has 3 rings (SSSR count). The Labute approximate surface area is 157 Å². The van der Waals surface area contributed by atoms with Crippen LogP contribution in [-0.4, -0.2) is 6.10 Å². The first-order valence-electron chi connectivity index (χ1n) is 9.62. The Balaban J connectivity index is 1.44. The number of hydrogen-bond donors (Lipinski definition) is 0. The Bertz CT molecular complexity index is 764. The van der Waals surface area contributed by atoms with Crippen LogP contribution in [0.25, 0.3) is 11.1 Å². The van der Waals surface area contributed by atoms with Crippen molar-refractivity contribution in [3.8, 4) is 11.1 Å². The van der Waals surface area contributed by atoms with Gasteiger partial charge in [0, 0.05) is 0 Å². The quantitative estimate of drug-likeness (QED) is 0.394. The van der Waals surface area contributed by atoms with Gasteiger partial charge in [0.1, 0.15) is 0 Å². The largest absolute Gasteiger partial charge is 0.374 e. The molecule has 0 amide bonds. The van der Waals surface area contributed by atoms with E-state index in [2.05, 4.69) is 85.8 Å². The summed E-state index contributed by atoms with van der Waals surface area (Å²) in [6, 6.07) is 29.9. The van der Waals surface area contributed by atoms with Crippen LogP contribution in [0.3, 0.4) is 0 Å². The van der Waals surface area contributed by atoms with Crippen molar-refractivity contribution in [3.05, 3.63) is 96.1 Å². The second-order valence-corrected chi connectivity index (χ2v) is 6.88. The van der Waals surface area contributed by atoms with Crippen molar-refractivity contribution >= 4 is 0 Å². The van der Waals surface area contributed by atoms with Crippen molar-refractivity contribution in [2.75, 3.05) is 0 Å². The normalized spacial score (nSPS) is 12.0. The zero-order chi connectivity index (χ0) is 18.0. The third-order valence-electron chi connectivity index (χ3n) is 4.79. The number of rotatable bonds is 9. The maximum atomic E-state index is 5.97.